The first-order chi connectivity index (χ1) is 7.13. The molecule has 1 rings (SSSR count). The van der Waals surface area contributed by atoms with Crippen LogP contribution in [0.3, 0.4) is 0 Å². The Kier molecular flexibility index (Phi) is 3.84. The third kappa shape index (κ3) is 3.41. The molecule has 0 saturated heterocycles. The smallest absolute Gasteiger partial charge is 0.328 e. The lowest BCUT2D eigenvalue weighted by Crippen LogP contribution is -2.30. The molecule has 6 heteroatoms. The molecule has 0 aliphatic rings. The second-order valence-electron chi connectivity index (χ2n) is 2.88. The normalized spacial score (nSPS) is 9.93. The van der Waals surface area contributed by atoms with E-state index >= 15 is 0 Å². The molecular formula is C9H12N2O4. The third-order valence-electron chi connectivity index (χ3n) is 1.78. The molecule has 82 valence electrons. The van der Waals surface area contributed by atoms with E-state index in [2.05, 4.69) is 4.98 Å². The van der Waals surface area contributed by atoms with Crippen LogP contribution in [0.5, 0.6) is 0 Å². The molecule has 15 heavy (non-hydrogen) atoms. The van der Waals surface area contributed by atoms with Gasteiger partial charge in [-0.25, -0.2) is 4.79 Å². The lowest BCUT2D eigenvalue weighted by Gasteiger charge is -2.04. The molecule has 0 amide bonds. The summed E-state index contributed by atoms with van der Waals surface area (Å²) in [6.07, 6.45) is 1.67. The lowest BCUT2D eigenvalue weighted by atomic mass is 10.5. The Morgan fingerprint density at radius 3 is 2.87 bits per heavy atom. The first-order valence-electron chi connectivity index (χ1n) is 4.59. The molecule has 1 heterocycles. The Labute approximate surface area is 85.5 Å². The SMILES string of the molecule is CCC(=O)OCCn1ccc(=O)[nH]c1=O. The molecule has 0 spiro atoms. The van der Waals surface area contributed by atoms with Crippen molar-refractivity contribution in [2.24, 2.45) is 0 Å². The maximum atomic E-state index is 11.2. The summed E-state index contributed by atoms with van der Waals surface area (Å²) >= 11 is 0. The largest absolute Gasteiger partial charge is 0.464 e. The van der Waals surface area contributed by atoms with E-state index in [4.69, 9.17) is 4.74 Å². The molecule has 0 radical (unpaired) electrons. The van der Waals surface area contributed by atoms with E-state index in [0.29, 0.717) is 6.42 Å². The molecule has 0 saturated carbocycles. The number of hydrogen-bond donors (Lipinski definition) is 1. The zero-order valence-electron chi connectivity index (χ0n) is 8.36. The van der Waals surface area contributed by atoms with E-state index in [1.54, 1.807) is 6.92 Å². The van der Waals surface area contributed by atoms with Gasteiger partial charge in [-0.05, 0) is 0 Å². The van der Waals surface area contributed by atoms with E-state index in [-0.39, 0.29) is 19.1 Å². The summed E-state index contributed by atoms with van der Waals surface area (Å²) < 4.78 is 6.06. The molecule has 0 unspecified atom stereocenters. The first-order valence-corrected chi connectivity index (χ1v) is 4.59. The summed E-state index contributed by atoms with van der Waals surface area (Å²) in [5, 5.41) is 0. The standard InChI is InChI=1S/C9H12N2O4/c1-2-8(13)15-6-5-11-4-3-7(12)10-9(11)14/h3-4H,2,5-6H2,1H3,(H,10,12,14). The number of nitrogens with one attached hydrogen (secondary N) is 1. The topological polar surface area (TPSA) is 81.2 Å². The summed E-state index contributed by atoms with van der Waals surface area (Å²) in [7, 11) is 0. The highest BCUT2D eigenvalue weighted by Crippen LogP contribution is 1.85. The highest BCUT2D eigenvalue weighted by molar-refractivity contribution is 5.68. The van der Waals surface area contributed by atoms with E-state index in [1.165, 1.54) is 16.8 Å². The minimum Gasteiger partial charge on any atom is -0.464 e. The van der Waals surface area contributed by atoms with Crippen LogP contribution in [0.25, 0.3) is 0 Å². The molecule has 0 atom stereocenters. The maximum Gasteiger partial charge on any atom is 0.328 e. The summed E-state index contributed by atoms with van der Waals surface area (Å²) in [6.45, 7) is 2.05. The molecule has 0 aliphatic heterocycles. The van der Waals surface area contributed by atoms with Crippen molar-refractivity contribution in [3.63, 3.8) is 0 Å². The molecule has 0 bridgehead atoms. The quantitative estimate of drug-likeness (QED) is 0.681. The van der Waals surface area contributed by atoms with Crippen molar-refractivity contribution in [1.82, 2.24) is 9.55 Å². The predicted molar refractivity (Wildman–Crippen MR) is 52.6 cm³/mol. The Balaban J connectivity index is 2.55. The average molecular weight is 212 g/mol. The van der Waals surface area contributed by atoms with E-state index in [1.807, 2.05) is 0 Å². The van der Waals surface area contributed by atoms with Gasteiger partial charge in [0.05, 0.1) is 6.54 Å². The fourth-order valence-corrected chi connectivity index (χ4v) is 0.980. The molecule has 0 aliphatic carbocycles. The highest BCUT2D eigenvalue weighted by atomic mass is 16.5. The van der Waals surface area contributed by atoms with Crippen LogP contribution in [0, 0.1) is 0 Å². The molecule has 6 nitrogen and oxygen atoms in total. The monoisotopic (exact) mass is 212 g/mol. The number of aromatic nitrogens is 2. The van der Waals surface area contributed by atoms with Crippen LogP contribution in [0.4, 0.5) is 0 Å². The number of carbonyl (C=O) groups is 1. The van der Waals surface area contributed by atoms with Crippen LogP contribution < -0.4 is 11.2 Å². The van der Waals surface area contributed by atoms with E-state index < -0.39 is 11.2 Å². The Hall–Kier alpha value is -1.85. The lowest BCUT2D eigenvalue weighted by molar-refractivity contribution is -0.143. The van der Waals surface area contributed by atoms with Crippen LogP contribution in [0.1, 0.15) is 13.3 Å². The summed E-state index contributed by atoms with van der Waals surface area (Å²) in [6, 6.07) is 1.24. The van der Waals surface area contributed by atoms with Crippen LogP contribution >= 0.6 is 0 Å². The van der Waals surface area contributed by atoms with Gasteiger partial charge in [-0.3, -0.25) is 19.1 Å². The number of ether oxygens (including phenoxy) is 1. The van der Waals surface area contributed by atoms with Crippen molar-refractivity contribution in [3.8, 4) is 0 Å². The number of nitrogens with zero attached hydrogens (tertiary/aromatic N) is 1. The zero-order valence-corrected chi connectivity index (χ0v) is 8.36. The number of carbonyl (C=O) groups excluding carboxylic acids is 1. The van der Waals surface area contributed by atoms with Crippen molar-refractivity contribution < 1.29 is 9.53 Å². The van der Waals surface area contributed by atoms with Crippen molar-refractivity contribution in [1.29, 1.82) is 0 Å². The van der Waals surface area contributed by atoms with Gasteiger partial charge in [0.1, 0.15) is 6.61 Å². The molecule has 0 aromatic carbocycles. The molecule has 1 aromatic rings. The molecule has 1 aromatic heterocycles. The third-order valence-corrected chi connectivity index (χ3v) is 1.78. The van der Waals surface area contributed by atoms with Crippen LogP contribution in [0.2, 0.25) is 0 Å². The summed E-state index contributed by atoms with van der Waals surface area (Å²) in [5.41, 5.74) is -0.947. The van der Waals surface area contributed by atoms with Gasteiger partial charge in [0.2, 0.25) is 0 Å². The zero-order chi connectivity index (χ0) is 11.3. The summed E-state index contributed by atoms with van der Waals surface area (Å²) in [4.78, 5) is 34.7. The highest BCUT2D eigenvalue weighted by Gasteiger charge is 1.99. The van der Waals surface area contributed by atoms with Crippen LogP contribution in [-0.2, 0) is 16.1 Å². The van der Waals surface area contributed by atoms with Gasteiger partial charge in [0.15, 0.2) is 0 Å². The second kappa shape index (κ2) is 5.14. The van der Waals surface area contributed by atoms with Crippen LogP contribution in [-0.4, -0.2) is 22.1 Å². The fraction of sp³-hybridized carbons (Fsp3) is 0.444. The Morgan fingerprint density at radius 2 is 2.27 bits per heavy atom. The number of esters is 1. The van der Waals surface area contributed by atoms with Crippen molar-refractivity contribution in [2.45, 2.75) is 19.9 Å². The number of hydrogen-bond acceptors (Lipinski definition) is 4. The van der Waals surface area contributed by atoms with Crippen LogP contribution in [0.15, 0.2) is 21.9 Å². The second-order valence-corrected chi connectivity index (χ2v) is 2.88. The van der Waals surface area contributed by atoms with E-state index in [9.17, 15) is 14.4 Å². The minimum absolute atomic E-state index is 0.124. The number of H-pyrrole nitrogens is 1. The van der Waals surface area contributed by atoms with Crippen molar-refractivity contribution in [2.75, 3.05) is 6.61 Å². The minimum atomic E-state index is -0.505. The van der Waals surface area contributed by atoms with Gasteiger partial charge < -0.3 is 4.74 Å². The van der Waals surface area contributed by atoms with Gasteiger partial charge in [-0.15, -0.1) is 0 Å². The number of rotatable bonds is 4. The molecule has 0 fully saturated rings. The number of aromatic amines is 1. The van der Waals surface area contributed by atoms with Crippen molar-refractivity contribution >= 4 is 5.97 Å². The van der Waals surface area contributed by atoms with Gasteiger partial charge >= 0.3 is 11.7 Å². The molecule has 1 N–H and O–H groups in total. The van der Waals surface area contributed by atoms with E-state index in [0.717, 1.165) is 0 Å². The summed E-state index contributed by atoms with van der Waals surface area (Å²) in [5.74, 6) is -0.313. The average Bonchev–Trinajstić information content (AvgIpc) is 2.21. The van der Waals surface area contributed by atoms with Gasteiger partial charge in [0.25, 0.3) is 5.56 Å². The predicted octanol–water partition coefficient (Wildman–Crippen LogP) is -0.510. The first kappa shape index (κ1) is 11.2. The Morgan fingerprint density at radius 1 is 1.53 bits per heavy atom. The van der Waals surface area contributed by atoms with Crippen molar-refractivity contribution in [3.05, 3.63) is 33.1 Å². The maximum absolute atomic E-state index is 11.2. The Bertz CT molecular complexity index is 446. The molecular weight excluding hydrogens is 200 g/mol. The van der Waals surface area contributed by atoms with Gasteiger partial charge in [-0.1, -0.05) is 6.92 Å². The fourth-order valence-electron chi connectivity index (χ4n) is 0.980. The van der Waals surface area contributed by atoms with Gasteiger partial charge in [0, 0.05) is 18.7 Å². The van der Waals surface area contributed by atoms with Gasteiger partial charge in [-0.2, -0.15) is 0 Å².